The van der Waals surface area contributed by atoms with Gasteiger partial charge in [0, 0.05) is 25.6 Å². The summed E-state index contributed by atoms with van der Waals surface area (Å²) >= 11 is 22.2. The van der Waals surface area contributed by atoms with Crippen LogP contribution in [0.15, 0.2) is 39.7 Å². The number of rotatable bonds is 3. The predicted octanol–water partition coefficient (Wildman–Crippen LogP) is 6.35. The van der Waals surface area contributed by atoms with Gasteiger partial charge in [0.25, 0.3) is 11.1 Å². The lowest BCUT2D eigenvalue weighted by molar-refractivity contribution is -0.123. The SMILES string of the molecule is O=C1S/C(=C\c2cc(Br)cc(Cl)c2O)C(=O)N1Cc1c(Cl)cccc1Cl. The molecular weight excluding hydrogens is 485 g/mol. The molecule has 0 unspecified atom stereocenters. The Morgan fingerprint density at radius 3 is 2.42 bits per heavy atom. The van der Waals surface area contributed by atoms with Gasteiger partial charge in [-0.2, -0.15) is 0 Å². The van der Waals surface area contributed by atoms with Crippen LogP contribution in [0.1, 0.15) is 11.1 Å². The van der Waals surface area contributed by atoms with Crippen LogP contribution >= 0.6 is 62.5 Å². The van der Waals surface area contributed by atoms with E-state index in [0.717, 1.165) is 16.7 Å². The van der Waals surface area contributed by atoms with E-state index in [0.29, 0.717) is 25.6 Å². The van der Waals surface area contributed by atoms with Gasteiger partial charge in [-0.25, -0.2) is 0 Å². The van der Waals surface area contributed by atoms with Crippen LogP contribution in [0, 0.1) is 0 Å². The molecule has 0 aliphatic carbocycles. The molecule has 4 nitrogen and oxygen atoms in total. The van der Waals surface area contributed by atoms with Crippen molar-refractivity contribution in [3.63, 3.8) is 0 Å². The first kappa shape index (κ1) is 19.6. The van der Waals surface area contributed by atoms with Crippen molar-refractivity contribution < 1.29 is 14.7 Å². The molecule has 0 atom stereocenters. The first-order valence-corrected chi connectivity index (χ1v) is 9.88. The minimum absolute atomic E-state index is 0.0360. The number of thioether (sulfide) groups is 1. The Kier molecular flexibility index (Phi) is 5.89. The van der Waals surface area contributed by atoms with Crippen molar-refractivity contribution in [3.05, 3.63) is 65.9 Å². The molecule has 1 fully saturated rings. The zero-order chi connectivity index (χ0) is 19.0. The van der Waals surface area contributed by atoms with Gasteiger partial charge in [0.15, 0.2) is 0 Å². The number of halogens is 4. The van der Waals surface area contributed by atoms with Crippen LogP contribution < -0.4 is 0 Å². The van der Waals surface area contributed by atoms with Crippen LogP contribution in [0.25, 0.3) is 6.08 Å². The number of phenolic OH excluding ortho intramolecular Hbond substituents is 1. The first-order valence-electron chi connectivity index (χ1n) is 7.14. The van der Waals surface area contributed by atoms with Crippen LogP contribution in [-0.2, 0) is 11.3 Å². The fourth-order valence-corrected chi connectivity index (χ4v) is 4.50. The second-order valence-electron chi connectivity index (χ2n) is 5.29. The van der Waals surface area contributed by atoms with E-state index in [1.54, 1.807) is 24.3 Å². The van der Waals surface area contributed by atoms with Gasteiger partial charge >= 0.3 is 0 Å². The largest absolute Gasteiger partial charge is 0.506 e. The molecule has 134 valence electrons. The lowest BCUT2D eigenvalue weighted by Gasteiger charge is -2.14. The van der Waals surface area contributed by atoms with E-state index in [9.17, 15) is 14.7 Å². The molecule has 1 saturated heterocycles. The summed E-state index contributed by atoms with van der Waals surface area (Å²) in [6.07, 6.45) is 1.42. The van der Waals surface area contributed by atoms with Crippen molar-refractivity contribution in [2.24, 2.45) is 0 Å². The van der Waals surface area contributed by atoms with E-state index in [1.807, 2.05) is 0 Å². The quantitative estimate of drug-likeness (QED) is 0.506. The second-order valence-corrected chi connectivity index (χ2v) is 8.42. The summed E-state index contributed by atoms with van der Waals surface area (Å²) in [6, 6.07) is 8.08. The molecule has 1 aliphatic heterocycles. The van der Waals surface area contributed by atoms with Gasteiger partial charge in [-0.15, -0.1) is 0 Å². The number of carbonyl (C=O) groups excluding carboxylic acids is 2. The molecule has 2 amide bonds. The van der Waals surface area contributed by atoms with E-state index < -0.39 is 11.1 Å². The Morgan fingerprint density at radius 1 is 1.12 bits per heavy atom. The van der Waals surface area contributed by atoms with Crippen molar-refractivity contribution in [2.45, 2.75) is 6.54 Å². The third-order valence-electron chi connectivity index (χ3n) is 3.60. The van der Waals surface area contributed by atoms with Gasteiger partial charge in [0.2, 0.25) is 0 Å². The van der Waals surface area contributed by atoms with Crippen molar-refractivity contribution in [1.82, 2.24) is 4.90 Å². The van der Waals surface area contributed by atoms with Gasteiger partial charge in [0.1, 0.15) is 5.75 Å². The number of aromatic hydroxyl groups is 1. The standard InChI is InChI=1S/C17H9BrCl3NO3S/c18-9-4-8(15(23)13(21)6-9)5-14-16(24)22(17(25)26-14)7-10-11(19)2-1-3-12(10)20/h1-6,23H,7H2/b14-5-. The summed E-state index contributed by atoms with van der Waals surface area (Å²) in [4.78, 5) is 26.1. The van der Waals surface area contributed by atoms with Crippen LogP contribution in [-0.4, -0.2) is 21.2 Å². The molecule has 1 N–H and O–H groups in total. The van der Waals surface area contributed by atoms with Gasteiger partial charge in [-0.05, 0) is 42.1 Å². The van der Waals surface area contributed by atoms with E-state index >= 15 is 0 Å². The highest BCUT2D eigenvalue weighted by Crippen LogP contribution is 2.38. The molecule has 3 rings (SSSR count). The molecule has 0 aromatic heterocycles. The molecule has 9 heteroatoms. The number of amides is 2. The molecule has 0 saturated carbocycles. The van der Waals surface area contributed by atoms with Gasteiger partial charge in [-0.1, -0.05) is 56.8 Å². The number of nitrogens with zero attached hydrogens (tertiary/aromatic N) is 1. The molecule has 0 radical (unpaired) electrons. The fourth-order valence-electron chi connectivity index (χ4n) is 2.31. The third-order valence-corrected chi connectivity index (χ3v) is 5.96. The number of hydrogen-bond donors (Lipinski definition) is 1. The maximum Gasteiger partial charge on any atom is 0.293 e. The Morgan fingerprint density at radius 2 is 1.77 bits per heavy atom. The molecular formula is C17H9BrCl3NO3S. The van der Waals surface area contributed by atoms with Crippen molar-refractivity contribution >= 4 is 79.7 Å². The van der Waals surface area contributed by atoms with Crippen LogP contribution in [0.5, 0.6) is 5.75 Å². The van der Waals surface area contributed by atoms with Crippen LogP contribution in [0.4, 0.5) is 4.79 Å². The van der Waals surface area contributed by atoms with E-state index in [-0.39, 0.29) is 22.2 Å². The summed E-state index contributed by atoms with van der Waals surface area (Å²) < 4.78 is 0.633. The fraction of sp³-hybridized carbons (Fsp3) is 0.0588. The molecule has 26 heavy (non-hydrogen) atoms. The van der Waals surface area contributed by atoms with E-state index in [1.165, 1.54) is 12.1 Å². The second kappa shape index (κ2) is 7.82. The van der Waals surface area contributed by atoms with Crippen LogP contribution in [0.3, 0.4) is 0 Å². The third kappa shape index (κ3) is 3.89. The highest BCUT2D eigenvalue weighted by molar-refractivity contribution is 9.10. The average Bonchev–Trinajstić information content (AvgIpc) is 2.82. The Bertz CT molecular complexity index is 944. The van der Waals surface area contributed by atoms with Gasteiger partial charge < -0.3 is 5.11 Å². The summed E-state index contributed by atoms with van der Waals surface area (Å²) in [7, 11) is 0. The highest BCUT2D eigenvalue weighted by atomic mass is 79.9. The van der Waals surface area contributed by atoms with Gasteiger partial charge in [0.05, 0.1) is 16.5 Å². The monoisotopic (exact) mass is 491 g/mol. The molecule has 0 bridgehead atoms. The number of benzene rings is 2. The Hall–Kier alpha value is -1.18. The lowest BCUT2D eigenvalue weighted by Crippen LogP contribution is -2.27. The maximum atomic E-state index is 12.6. The molecule has 2 aromatic carbocycles. The normalized spacial score (nSPS) is 16.0. The number of carbonyl (C=O) groups is 2. The Labute approximate surface area is 176 Å². The topological polar surface area (TPSA) is 57.6 Å². The molecule has 1 heterocycles. The predicted molar refractivity (Wildman–Crippen MR) is 109 cm³/mol. The van der Waals surface area contributed by atoms with Crippen molar-refractivity contribution in [2.75, 3.05) is 0 Å². The smallest absolute Gasteiger partial charge is 0.293 e. The van der Waals surface area contributed by atoms with Crippen molar-refractivity contribution in [1.29, 1.82) is 0 Å². The minimum Gasteiger partial charge on any atom is -0.506 e. The van der Waals surface area contributed by atoms with E-state index in [4.69, 9.17) is 34.8 Å². The maximum absolute atomic E-state index is 12.6. The zero-order valence-corrected chi connectivity index (χ0v) is 17.5. The van der Waals surface area contributed by atoms with Crippen molar-refractivity contribution in [3.8, 4) is 5.75 Å². The number of hydrogen-bond acceptors (Lipinski definition) is 4. The van der Waals surface area contributed by atoms with Gasteiger partial charge in [-0.3, -0.25) is 14.5 Å². The Balaban J connectivity index is 1.92. The first-order chi connectivity index (χ1) is 12.3. The van der Waals surface area contributed by atoms with E-state index in [2.05, 4.69) is 15.9 Å². The number of phenols is 1. The molecule has 0 spiro atoms. The molecule has 2 aromatic rings. The average molecular weight is 494 g/mol. The lowest BCUT2D eigenvalue weighted by atomic mass is 10.1. The summed E-state index contributed by atoms with van der Waals surface area (Å²) in [6.45, 7) is -0.0360. The number of imide groups is 1. The highest BCUT2D eigenvalue weighted by Gasteiger charge is 2.36. The summed E-state index contributed by atoms with van der Waals surface area (Å²) in [5, 5.41) is 10.5. The summed E-state index contributed by atoms with van der Waals surface area (Å²) in [5.41, 5.74) is 0.818. The summed E-state index contributed by atoms with van der Waals surface area (Å²) in [5.74, 6) is -0.665. The zero-order valence-electron chi connectivity index (χ0n) is 12.8. The minimum atomic E-state index is -0.494. The molecule has 1 aliphatic rings. The van der Waals surface area contributed by atoms with Crippen LogP contribution in [0.2, 0.25) is 15.1 Å².